The van der Waals surface area contributed by atoms with E-state index < -0.39 is 0 Å². The Morgan fingerprint density at radius 1 is 1.71 bits per heavy atom. The van der Waals surface area contributed by atoms with Crippen LogP contribution in [-0.2, 0) is 0 Å². The smallest absolute Gasteiger partial charge is 0.127 e. The lowest BCUT2D eigenvalue weighted by molar-refractivity contribution is 0.654. The summed E-state index contributed by atoms with van der Waals surface area (Å²) in [4.78, 5) is 0. The molecule has 0 unspecified atom stereocenters. The van der Waals surface area contributed by atoms with Crippen LogP contribution < -0.4 is 0 Å². The number of allylic oxidation sites excluding steroid dienone is 4. The van der Waals surface area contributed by atoms with Gasteiger partial charge in [0.25, 0.3) is 0 Å². The molecule has 0 saturated carbocycles. The van der Waals surface area contributed by atoms with E-state index >= 15 is 0 Å². The van der Waals surface area contributed by atoms with Gasteiger partial charge in [0.2, 0.25) is 0 Å². The van der Waals surface area contributed by atoms with Crippen LogP contribution in [0.15, 0.2) is 18.0 Å². The van der Waals surface area contributed by atoms with E-state index in [4.69, 9.17) is 0 Å². The van der Waals surface area contributed by atoms with Gasteiger partial charge in [-0.05, 0) is 12.5 Å². The summed E-state index contributed by atoms with van der Waals surface area (Å²) in [6.45, 7) is 0. The number of hydrogen-bond donors (Lipinski definition) is 0. The van der Waals surface area contributed by atoms with Crippen molar-refractivity contribution >= 4 is 0 Å². The van der Waals surface area contributed by atoms with Gasteiger partial charge in [-0.1, -0.05) is 6.08 Å². The van der Waals surface area contributed by atoms with Gasteiger partial charge < -0.3 is 0 Å². The third kappa shape index (κ3) is 1.15. The Labute approximate surface area is 42.3 Å². The zero-order valence-corrected chi connectivity index (χ0v) is 3.74. The topological polar surface area (TPSA) is 0 Å². The van der Waals surface area contributed by atoms with Crippen molar-refractivity contribution in [1.82, 2.24) is 0 Å². The molecule has 0 bridgehead atoms. The Morgan fingerprint density at radius 3 is 2.86 bits per heavy atom. The molecule has 0 spiro atoms. The van der Waals surface area contributed by atoms with E-state index in [1.165, 1.54) is 6.08 Å². The summed E-state index contributed by atoms with van der Waals surface area (Å²) >= 11 is 0. The molecule has 1 heteroatoms. The standard InChI is InChI=1S/C6H4F/c7-6-4-2-1-3-5-6/h2,5H,1H2. The van der Waals surface area contributed by atoms with E-state index in [2.05, 4.69) is 12.5 Å². The van der Waals surface area contributed by atoms with Crippen LogP contribution >= 0.6 is 0 Å². The molecule has 0 atom stereocenters. The fourth-order valence-electron chi connectivity index (χ4n) is 0.398. The van der Waals surface area contributed by atoms with Crippen LogP contribution in [0.2, 0.25) is 0 Å². The second kappa shape index (κ2) is 1.92. The Kier molecular flexibility index (Phi) is 1.25. The second-order valence-electron chi connectivity index (χ2n) is 1.25. The van der Waals surface area contributed by atoms with Gasteiger partial charge in [-0.25, -0.2) is 4.39 Å². The fourth-order valence-corrected chi connectivity index (χ4v) is 0.398. The van der Waals surface area contributed by atoms with Crippen molar-refractivity contribution in [2.75, 3.05) is 0 Å². The molecule has 0 aromatic carbocycles. The van der Waals surface area contributed by atoms with Crippen molar-refractivity contribution in [3.8, 4) is 0 Å². The number of rotatable bonds is 0. The maximum Gasteiger partial charge on any atom is 0.127 e. The maximum absolute atomic E-state index is 11.8. The lowest BCUT2D eigenvalue weighted by Gasteiger charge is -1.91. The van der Waals surface area contributed by atoms with Crippen LogP contribution in [0.1, 0.15) is 6.42 Å². The van der Waals surface area contributed by atoms with Crippen LogP contribution in [0, 0.1) is 12.5 Å². The zero-order valence-electron chi connectivity index (χ0n) is 3.74. The molecule has 0 aromatic rings. The molecule has 3 radical (unpaired) electrons. The Bertz CT molecular complexity index is 111. The molecule has 0 nitrogen and oxygen atoms in total. The SMILES string of the molecule is FC1=C[C]CC=[C]1. The summed E-state index contributed by atoms with van der Waals surface area (Å²) in [6.07, 6.45) is 8.65. The summed E-state index contributed by atoms with van der Waals surface area (Å²) in [5.74, 6) is -0.328. The number of hydrogen-bond acceptors (Lipinski definition) is 0. The van der Waals surface area contributed by atoms with Crippen LogP contribution in [0.4, 0.5) is 4.39 Å². The molecule has 1 aliphatic rings. The summed E-state index contributed by atoms with van der Waals surface area (Å²) in [5.41, 5.74) is 0. The molecular formula is C6H4F. The van der Waals surface area contributed by atoms with Gasteiger partial charge >= 0.3 is 0 Å². The van der Waals surface area contributed by atoms with Crippen molar-refractivity contribution in [3.05, 3.63) is 30.5 Å². The third-order valence-electron chi connectivity index (χ3n) is 0.689. The largest absolute Gasteiger partial charge is 0.207 e. The third-order valence-corrected chi connectivity index (χ3v) is 0.689. The Balaban J connectivity index is 2.58. The van der Waals surface area contributed by atoms with E-state index in [1.807, 2.05) is 0 Å². The minimum absolute atomic E-state index is 0.328. The fraction of sp³-hybridized carbons (Fsp3) is 0.167. The monoisotopic (exact) mass is 95.0 g/mol. The molecule has 1 rings (SSSR count). The van der Waals surface area contributed by atoms with Gasteiger partial charge in [-0.2, -0.15) is 0 Å². The predicted octanol–water partition coefficient (Wildman–Crippen LogP) is 1.68. The van der Waals surface area contributed by atoms with Crippen molar-refractivity contribution in [2.45, 2.75) is 6.42 Å². The van der Waals surface area contributed by atoms with Crippen LogP contribution in [0.5, 0.6) is 0 Å². The average molecular weight is 95.1 g/mol. The van der Waals surface area contributed by atoms with Crippen LogP contribution in [0.3, 0.4) is 0 Å². The van der Waals surface area contributed by atoms with E-state index in [0.29, 0.717) is 6.42 Å². The van der Waals surface area contributed by atoms with Crippen molar-refractivity contribution in [1.29, 1.82) is 0 Å². The molecule has 7 heavy (non-hydrogen) atoms. The molecule has 0 aromatic heterocycles. The summed E-state index contributed by atoms with van der Waals surface area (Å²) in [6, 6.07) is 0. The quantitative estimate of drug-likeness (QED) is 0.429. The molecule has 0 saturated heterocycles. The van der Waals surface area contributed by atoms with E-state index in [-0.39, 0.29) is 5.83 Å². The first-order chi connectivity index (χ1) is 3.39. The molecule has 0 N–H and O–H groups in total. The lowest BCUT2D eigenvalue weighted by Crippen LogP contribution is -1.76. The minimum atomic E-state index is -0.328. The molecule has 0 heterocycles. The van der Waals surface area contributed by atoms with Gasteiger partial charge in [0.05, 0.1) is 0 Å². The predicted molar refractivity (Wildman–Crippen MR) is 24.9 cm³/mol. The van der Waals surface area contributed by atoms with Gasteiger partial charge in [0.1, 0.15) is 5.83 Å². The van der Waals surface area contributed by atoms with Crippen molar-refractivity contribution < 1.29 is 4.39 Å². The molecule has 35 valence electrons. The maximum atomic E-state index is 11.8. The Morgan fingerprint density at radius 2 is 2.57 bits per heavy atom. The van der Waals surface area contributed by atoms with Crippen LogP contribution in [0.25, 0.3) is 0 Å². The van der Waals surface area contributed by atoms with Crippen molar-refractivity contribution in [2.24, 2.45) is 0 Å². The average Bonchev–Trinajstić information content (AvgIpc) is 1.69. The van der Waals surface area contributed by atoms with Gasteiger partial charge in [0.15, 0.2) is 0 Å². The van der Waals surface area contributed by atoms with E-state index in [9.17, 15) is 4.39 Å². The number of halogens is 1. The molecule has 1 aliphatic carbocycles. The second-order valence-corrected chi connectivity index (χ2v) is 1.25. The minimum Gasteiger partial charge on any atom is -0.207 e. The Hall–Kier alpha value is -0.590. The van der Waals surface area contributed by atoms with Gasteiger partial charge in [-0.3, -0.25) is 0 Å². The highest BCUT2D eigenvalue weighted by Gasteiger charge is 1.92. The van der Waals surface area contributed by atoms with Crippen LogP contribution in [-0.4, -0.2) is 0 Å². The summed E-state index contributed by atoms with van der Waals surface area (Å²) in [7, 11) is 0. The van der Waals surface area contributed by atoms with Gasteiger partial charge in [-0.15, -0.1) is 0 Å². The molecule has 0 fully saturated rings. The first-order valence-corrected chi connectivity index (χ1v) is 2.07. The highest BCUT2D eigenvalue weighted by Crippen LogP contribution is 2.06. The summed E-state index contributed by atoms with van der Waals surface area (Å²) in [5, 5.41) is 0. The lowest BCUT2D eigenvalue weighted by atomic mass is 10.2. The molecular weight excluding hydrogens is 91.1 g/mol. The first-order valence-electron chi connectivity index (χ1n) is 2.07. The highest BCUT2D eigenvalue weighted by atomic mass is 19.1. The van der Waals surface area contributed by atoms with Gasteiger partial charge in [0, 0.05) is 12.5 Å². The zero-order chi connectivity index (χ0) is 5.11. The highest BCUT2D eigenvalue weighted by molar-refractivity contribution is 5.15. The molecule has 0 aliphatic heterocycles. The molecule has 0 amide bonds. The van der Waals surface area contributed by atoms with E-state index in [0.717, 1.165) is 0 Å². The van der Waals surface area contributed by atoms with Crippen molar-refractivity contribution in [3.63, 3.8) is 0 Å². The normalized spacial score (nSPS) is 19.3. The first kappa shape index (κ1) is 4.57. The van der Waals surface area contributed by atoms with E-state index in [1.54, 1.807) is 6.08 Å². The summed E-state index contributed by atoms with van der Waals surface area (Å²) < 4.78 is 11.8.